The molecule has 0 aliphatic carbocycles. The normalized spacial score (nSPS) is 12.1. The van der Waals surface area contributed by atoms with Crippen LogP contribution in [0.5, 0.6) is 17.2 Å². The van der Waals surface area contributed by atoms with Gasteiger partial charge in [0.05, 0.1) is 20.3 Å². The number of methoxy groups -OCH3 is 2. The molecule has 1 atom stereocenters. The van der Waals surface area contributed by atoms with Crippen molar-refractivity contribution >= 4 is 6.29 Å². The Kier molecular flexibility index (Phi) is 5.67. The fourth-order valence-corrected chi connectivity index (χ4v) is 1.90. The topological polar surface area (TPSA) is 44.8 Å². The summed E-state index contributed by atoms with van der Waals surface area (Å²) in [5, 5.41) is 0. The Balaban J connectivity index is 3.22. The SMILES string of the molecule is COc1cc(C(C)CC=O)c(OC)cc1OC(C)C. The van der Waals surface area contributed by atoms with Crippen LogP contribution in [0.4, 0.5) is 0 Å². The third-order valence-electron chi connectivity index (χ3n) is 2.86. The summed E-state index contributed by atoms with van der Waals surface area (Å²) in [5.41, 5.74) is 0.947. The smallest absolute Gasteiger partial charge is 0.165 e. The molecule has 0 heterocycles. The predicted octanol–water partition coefficient (Wildman–Crippen LogP) is 3.18. The summed E-state index contributed by atoms with van der Waals surface area (Å²) >= 11 is 0. The number of hydrogen-bond acceptors (Lipinski definition) is 4. The van der Waals surface area contributed by atoms with E-state index in [9.17, 15) is 4.79 Å². The van der Waals surface area contributed by atoms with Gasteiger partial charge in [-0.1, -0.05) is 6.92 Å². The summed E-state index contributed by atoms with van der Waals surface area (Å²) in [4.78, 5) is 10.7. The molecule has 0 aliphatic heterocycles. The van der Waals surface area contributed by atoms with Crippen LogP contribution in [0, 0.1) is 0 Å². The zero-order valence-corrected chi connectivity index (χ0v) is 12.2. The van der Waals surface area contributed by atoms with Crippen molar-refractivity contribution < 1.29 is 19.0 Å². The second-order valence-electron chi connectivity index (χ2n) is 4.72. The summed E-state index contributed by atoms with van der Waals surface area (Å²) in [5.74, 6) is 2.10. The van der Waals surface area contributed by atoms with Gasteiger partial charge in [-0.3, -0.25) is 0 Å². The lowest BCUT2D eigenvalue weighted by Gasteiger charge is -2.19. The van der Waals surface area contributed by atoms with Gasteiger partial charge in [-0.2, -0.15) is 0 Å². The molecule has 19 heavy (non-hydrogen) atoms. The number of rotatable bonds is 7. The van der Waals surface area contributed by atoms with Gasteiger partial charge in [-0.05, 0) is 25.8 Å². The molecule has 0 aromatic heterocycles. The van der Waals surface area contributed by atoms with Crippen LogP contribution < -0.4 is 14.2 Å². The average Bonchev–Trinajstić information content (AvgIpc) is 2.37. The highest BCUT2D eigenvalue weighted by Gasteiger charge is 2.17. The standard InChI is InChI=1S/C15H22O4/c1-10(2)19-15-9-13(17-4)12(8-14(15)18-5)11(3)6-7-16/h7-11H,6H2,1-5H3. The summed E-state index contributed by atoms with van der Waals surface area (Å²) in [6, 6.07) is 3.69. The molecule has 0 N–H and O–H groups in total. The molecular formula is C15H22O4. The molecule has 0 saturated heterocycles. The van der Waals surface area contributed by atoms with Crippen molar-refractivity contribution in [3.63, 3.8) is 0 Å². The minimum absolute atomic E-state index is 0.0526. The molecule has 4 heteroatoms. The van der Waals surface area contributed by atoms with Crippen LogP contribution >= 0.6 is 0 Å². The molecule has 0 saturated carbocycles. The van der Waals surface area contributed by atoms with Gasteiger partial charge in [0.2, 0.25) is 0 Å². The van der Waals surface area contributed by atoms with E-state index in [0.717, 1.165) is 11.8 Å². The zero-order chi connectivity index (χ0) is 14.4. The van der Waals surface area contributed by atoms with Gasteiger partial charge in [-0.25, -0.2) is 0 Å². The van der Waals surface area contributed by atoms with Gasteiger partial charge in [0.25, 0.3) is 0 Å². The van der Waals surface area contributed by atoms with Crippen molar-refractivity contribution in [3.05, 3.63) is 17.7 Å². The molecule has 0 spiro atoms. The minimum Gasteiger partial charge on any atom is -0.496 e. The molecule has 0 amide bonds. The van der Waals surface area contributed by atoms with E-state index in [1.54, 1.807) is 14.2 Å². The van der Waals surface area contributed by atoms with E-state index in [4.69, 9.17) is 14.2 Å². The fraction of sp³-hybridized carbons (Fsp3) is 0.533. The van der Waals surface area contributed by atoms with E-state index < -0.39 is 0 Å². The maximum atomic E-state index is 10.7. The Morgan fingerprint density at radius 3 is 2.16 bits per heavy atom. The first-order valence-electron chi connectivity index (χ1n) is 6.39. The first kappa shape index (κ1) is 15.3. The van der Waals surface area contributed by atoms with E-state index in [0.29, 0.717) is 23.7 Å². The van der Waals surface area contributed by atoms with Crippen LogP contribution in [0.15, 0.2) is 12.1 Å². The molecule has 0 aliphatic rings. The van der Waals surface area contributed by atoms with Gasteiger partial charge in [0, 0.05) is 18.1 Å². The number of aldehydes is 1. The van der Waals surface area contributed by atoms with Crippen LogP contribution in [-0.2, 0) is 4.79 Å². The van der Waals surface area contributed by atoms with E-state index >= 15 is 0 Å². The Morgan fingerprint density at radius 2 is 1.68 bits per heavy atom. The van der Waals surface area contributed by atoms with Crippen LogP contribution in [-0.4, -0.2) is 26.6 Å². The first-order valence-corrected chi connectivity index (χ1v) is 6.39. The van der Waals surface area contributed by atoms with E-state index in [1.165, 1.54) is 0 Å². The summed E-state index contributed by atoms with van der Waals surface area (Å²) in [6.07, 6.45) is 1.41. The Labute approximate surface area is 114 Å². The maximum absolute atomic E-state index is 10.7. The van der Waals surface area contributed by atoms with Crippen LogP contribution in [0.1, 0.15) is 38.7 Å². The fourth-order valence-electron chi connectivity index (χ4n) is 1.90. The van der Waals surface area contributed by atoms with Gasteiger partial charge >= 0.3 is 0 Å². The second kappa shape index (κ2) is 7.02. The number of benzene rings is 1. The number of carbonyl (C=O) groups is 1. The molecule has 1 aromatic rings. The van der Waals surface area contributed by atoms with Crippen LogP contribution in [0.25, 0.3) is 0 Å². The summed E-state index contributed by atoms with van der Waals surface area (Å²) in [6.45, 7) is 5.89. The number of carbonyl (C=O) groups excluding carboxylic acids is 1. The quantitative estimate of drug-likeness (QED) is 0.711. The van der Waals surface area contributed by atoms with Crippen molar-refractivity contribution in [2.24, 2.45) is 0 Å². The van der Waals surface area contributed by atoms with E-state index in [1.807, 2.05) is 32.9 Å². The van der Waals surface area contributed by atoms with Crippen molar-refractivity contribution in [3.8, 4) is 17.2 Å². The van der Waals surface area contributed by atoms with Gasteiger partial charge in [0.1, 0.15) is 12.0 Å². The molecular weight excluding hydrogens is 244 g/mol. The highest BCUT2D eigenvalue weighted by Crippen LogP contribution is 2.39. The molecule has 1 unspecified atom stereocenters. The number of ether oxygens (including phenoxy) is 3. The largest absolute Gasteiger partial charge is 0.496 e. The van der Waals surface area contributed by atoms with Crippen LogP contribution in [0.3, 0.4) is 0 Å². The molecule has 0 bridgehead atoms. The lowest BCUT2D eigenvalue weighted by Crippen LogP contribution is -2.08. The minimum atomic E-state index is 0.0526. The van der Waals surface area contributed by atoms with Crippen LogP contribution in [0.2, 0.25) is 0 Å². The van der Waals surface area contributed by atoms with Gasteiger partial charge in [0.15, 0.2) is 11.5 Å². The third kappa shape index (κ3) is 3.88. The zero-order valence-electron chi connectivity index (χ0n) is 12.2. The lowest BCUT2D eigenvalue weighted by atomic mass is 9.97. The molecule has 106 valence electrons. The highest BCUT2D eigenvalue weighted by atomic mass is 16.5. The van der Waals surface area contributed by atoms with E-state index in [-0.39, 0.29) is 12.0 Å². The Morgan fingerprint density at radius 1 is 1.05 bits per heavy atom. The average molecular weight is 266 g/mol. The molecule has 4 nitrogen and oxygen atoms in total. The number of hydrogen-bond donors (Lipinski definition) is 0. The van der Waals surface area contributed by atoms with Crippen molar-refractivity contribution in [2.45, 2.75) is 39.2 Å². The second-order valence-corrected chi connectivity index (χ2v) is 4.72. The molecule has 1 aromatic carbocycles. The lowest BCUT2D eigenvalue weighted by molar-refractivity contribution is -0.108. The van der Waals surface area contributed by atoms with Crippen molar-refractivity contribution in [1.82, 2.24) is 0 Å². The summed E-state index contributed by atoms with van der Waals surface area (Å²) < 4.78 is 16.4. The molecule has 0 radical (unpaired) electrons. The maximum Gasteiger partial charge on any atom is 0.165 e. The highest BCUT2D eigenvalue weighted by molar-refractivity contribution is 5.56. The van der Waals surface area contributed by atoms with E-state index in [2.05, 4.69) is 0 Å². The van der Waals surface area contributed by atoms with Gasteiger partial charge in [-0.15, -0.1) is 0 Å². The first-order chi connectivity index (χ1) is 9.03. The third-order valence-corrected chi connectivity index (χ3v) is 2.86. The van der Waals surface area contributed by atoms with Crippen molar-refractivity contribution in [2.75, 3.05) is 14.2 Å². The van der Waals surface area contributed by atoms with Crippen molar-refractivity contribution in [1.29, 1.82) is 0 Å². The van der Waals surface area contributed by atoms with Gasteiger partial charge < -0.3 is 19.0 Å². The Hall–Kier alpha value is -1.71. The Bertz CT molecular complexity index is 426. The molecule has 0 fully saturated rings. The predicted molar refractivity (Wildman–Crippen MR) is 74.4 cm³/mol. The molecule has 1 rings (SSSR count). The summed E-state index contributed by atoms with van der Waals surface area (Å²) in [7, 11) is 3.21. The monoisotopic (exact) mass is 266 g/mol.